The maximum atomic E-state index is 12.4. The summed E-state index contributed by atoms with van der Waals surface area (Å²) in [5.74, 6) is -0.219. The summed E-state index contributed by atoms with van der Waals surface area (Å²) in [6, 6.07) is 9.09. The van der Waals surface area contributed by atoms with Crippen molar-refractivity contribution >= 4 is 23.4 Å². The van der Waals surface area contributed by atoms with Crippen molar-refractivity contribution in [1.29, 1.82) is 0 Å². The molecule has 4 nitrogen and oxygen atoms in total. The van der Waals surface area contributed by atoms with Crippen molar-refractivity contribution in [2.75, 3.05) is 13.1 Å². The highest BCUT2D eigenvalue weighted by Crippen LogP contribution is 2.12. The Hall–Kier alpha value is -1.81. The Bertz CT molecular complexity index is 516. The molecule has 0 radical (unpaired) electrons. The minimum atomic E-state index is -0.539. The Morgan fingerprint density at radius 1 is 1.35 bits per heavy atom. The van der Waals surface area contributed by atoms with E-state index in [1.165, 1.54) is 0 Å². The maximum Gasteiger partial charge on any atom is 0.245 e. The summed E-state index contributed by atoms with van der Waals surface area (Å²) in [4.78, 5) is 25.7. The van der Waals surface area contributed by atoms with E-state index < -0.39 is 6.04 Å². The average molecular weight is 293 g/mol. The predicted octanol–water partition coefficient (Wildman–Crippen LogP) is 1.70. The summed E-state index contributed by atoms with van der Waals surface area (Å²) < 4.78 is 0. The number of halogens is 1. The summed E-state index contributed by atoms with van der Waals surface area (Å²) in [6.45, 7) is 4.26. The van der Waals surface area contributed by atoms with Crippen LogP contribution in [0, 0.1) is 0 Å². The molecular weight excluding hydrogens is 276 g/mol. The molecule has 1 N–H and O–H groups in total. The number of carbonyl (C=O) groups excluding carboxylic acids is 2. The molecule has 2 amide bonds. The molecule has 2 rings (SSSR count). The lowest BCUT2D eigenvalue weighted by Gasteiger charge is -2.23. The summed E-state index contributed by atoms with van der Waals surface area (Å²) in [6.07, 6.45) is 0.776. The van der Waals surface area contributed by atoms with Gasteiger partial charge in [0.15, 0.2) is 0 Å². The van der Waals surface area contributed by atoms with Crippen molar-refractivity contribution in [3.63, 3.8) is 0 Å². The first-order chi connectivity index (χ1) is 9.56. The lowest BCUT2D eigenvalue weighted by molar-refractivity contribution is -0.133. The lowest BCUT2D eigenvalue weighted by Crippen LogP contribution is -2.46. The molecule has 1 aromatic carbocycles. The summed E-state index contributed by atoms with van der Waals surface area (Å²) in [5.41, 5.74) is 1.01. The number of nitrogens with zero attached hydrogens (tertiary/aromatic N) is 1. The van der Waals surface area contributed by atoms with Gasteiger partial charge in [0, 0.05) is 24.4 Å². The van der Waals surface area contributed by atoms with Gasteiger partial charge in [-0.3, -0.25) is 9.59 Å². The molecule has 1 aromatic rings. The SMILES string of the molecule is C=C(Cl)CN1CCC(=O)NC(Cc2ccccc2)C1=O. The Balaban J connectivity index is 2.14. The molecule has 0 bridgehead atoms. The number of benzene rings is 1. The molecule has 1 aliphatic rings. The molecule has 0 saturated carbocycles. The largest absolute Gasteiger partial charge is 0.344 e. The lowest BCUT2D eigenvalue weighted by atomic mass is 10.1. The average Bonchev–Trinajstić information content (AvgIpc) is 2.53. The van der Waals surface area contributed by atoms with Gasteiger partial charge in [0.1, 0.15) is 6.04 Å². The molecule has 0 aliphatic carbocycles. The highest BCUT2D eigenvalue weighted by atomic mass is 35.5. The van der Waals surface area contributed by atoms with E-state index in [1.807, 2.05) is 30.3 Å². The van der Waals surface area contributed by atoms with Crippen molar-refractivity contribution in [3.05, 3.63) is 47.5 Å². The van der Waals surface area contributed by atoms with E-state index in [1.54, 1.807) is 4.90 Å². The van der Waals surface area contributed by atoms with E-state index in [0.29, 0.717) is 24.4 Å². The van der Waals surface area contributed by atoms with Crippen molar-refractivity contribution in [3.8, 4) is 0 Å². The minimum Gasteiger partial charge on any atom is -0.344 e. The number of nitrogens with one attached hydrogen (secondary N) is 1. The van der Waals surface area contributed by atoms with Crippen LogP contribution in [-0.4, -0.2) is 35.8 Å². The smallest absolute Gasteiger partial charge is 0.245 e. The van der Waals surface area contributed by atoms with Gasteiger partial charge in [-0.2, -0.15) is 0 Å². The van der Waals surface area contributed by atoms with E-state index >= 15 is 0 Å². The van der Waals surface area contributed by atoms with Crippen molar-refractivity contribution in [2.45, 2.75) is 18.9 Å². The molecule has 1 aliphatic heterocycles. The van der Waals surface area contributed by atoms with Crippen molar-refractivity contribution < 1.29 is 9.59 Å². The molecule has 1 saturated heterocycles. The van der Waals surface area contributed by atoms with Crippen LogP contribution >= 0.6 is 11.6 Å². The van der Waals surface area contributed by atoms with Crippen LogP contribution in [0.1, 0.15) is 12.0 Å². The molecule has 5 heteroatoms. The van der Waals surface area contributed by atoms with Gasteiger partial charge in [0.2, 0.25) is 11.8 Å². The third-order valence-electron chi connectivity index (χ3n) is 3.20. The monoisotopic (exact) mass is 292 g/mol. The third-order valence-corrected chi connectivity index (χ3v) is 3.32. The first kappa shape index (κ1) is 14.6. The quantitative estimate of drug-likeness (QED) is 0.918. The zero-order chi connectivity index (χ0) is 14.5. The first-order valence-electron chi connectivity index (χ1n) is 6.51. The molecule has 1 fully saturated rings. The van der Waals surface area contributed by atoms with Crippen LogP contribution in [0.2, 0.25) is 0 Å². The minimum absolute atomic E-state index is 0.109. The molecule has 106 valence electrons. The number of carbonyl (C=O) groups is 2. The first-order valence-corrected chi connectivity index (χ1v) is 6.89. The van der Waals surface area contributed by atoms with Crippen LogP contribution in [-0.2, 0) is 16.0 Å². The van der Waals surface area contributed by atoms with Crippen molar-refractivity contribution in [2.24, 2.45) is 0 Å². The van der Waals surface area contributed by atoms with E-state index in [0.717, 1.165) is 5.56 Å². The fraction of sp³-hybridized carbons (Fsp3) is 0.333. The molecule has 1 unspecified atom stereocenters. The summed E-state index contributed by atoms with van der Waals surface area (Å²) >= 11 is 5.78. The van der Waals surface area contributed by atoms with Gasteiger partial charge in [-0.1, -0.05) is 48.5 Å². The topological polar surface area (TPSA) is 49.4 Å². The molecule has 20 heavy (non-hydrogen) atoms. The Morgan fingerprint density at radius 3 is 2.70 bits per heavy atom. The van der Waals surface area contributed by atoms with Crippen LogP contribution < -0.4 is 5.32 Å². The molecule has 1 atom stereocenters. The van der Waals surface area contributed by atoms with Gasteiger partial charge in [0.05, 0.1) is 6.54 Å². The summed E-state index contributed by atoms with van der Waals surface area (Å²) in [7, 11) is 0. The second kappa shape index (κ2) is 6.57. The Labute approximate surface area is 123 Å². The molecule has 0 aromatic heterocycles. The normalized spacial score (nSPS) is 19.4. The second-order valence-electron chi connectivity index (χ2n) is 4.84. The zero-order valence-corrected chi connectivity index (χ0v) is 11.9. The highest BCUT2D eigenvalue weighted by Gasteiger charge is 2.29. The predicted molar refractivity (Wildman–Crippen MR) is 78.3 cm³/mol. The standard InChI is InChI=1S/C15H17ClN2O2/c1-11(16)10-18-8-7-14(19)17-13(15(18)20)9-12-5-3-2-4-6-12/h2-6,13H,1,7-10H2,(H,17,19). The van der Waals surface area contributed by atoms with Gasteiger partial charge in [-0.25, -0.2) is 0 Å². The van der Waals surface area contributed by atoms with Crippen LogP contribution in [0.5, 0.6) is 0 Å². The fourth-order valence-electron chi connectivity index (χ4n) is 2.25. The number of hydrogen-bond acceptors (Lipinski definition) is 2. The van der Waals surface area contributed by atoms with Crippen molar-refractivity contribution in [1.82, 2.24) is 10.2 Å². The van der Waals surface area contributed by atoms with Gasteiger partial charge in [-0.15, -0.1) is 0 Å². The van der Waals surface area contributed by atoms with E-state index in [4.69, 9.17) is 11.6 Å². The Kier molecular flexibility index (Phi) is 4.79. The van der Waals surface area contributed by atoms with E-state index in [2.05, 4.69) is 11.9 Å². The fourth-order valence-corrected chi connectivity index (χ4v) is 2.39. The van der Waals surface area contributed by atoms with Gasteiger partial charge < -0.3 is 10.2 Å². The molecule has 0 spiro atoms. The van der Waals surface area contributed by atoms with E-state index in [-0.39, 0.29) is 18.4 Å². The number of rotatable bonds is 4. The van der Waals surface area contributed by atoms with Crippen LogP contribution in [0.25, 0.3) is 0 Å². The van der Waals surface area contributed by atoms with E-state index in [9.17, 15) is 9.59 Å². The Morgan fingerprint density at radius 2 is 2.05 bits per heavy atom. The number of amides is 2. The van der Waals surface area contributed by atoms with Gasteiger partial charge in [0.25, 0.3) is 0 Å². The third kappa shape index (κ3) is 3.84. The maximum absolute atomic E-state index is 12.4. The van der Waals surface area contributed by atoms with Crippen LogP contribution in [0.3, 0.4) is 0 Å². The molecule has 1 heterocycles. The zero-order valence-electron chi connectivity index (χ0n) is 11.1. The molecular formula is C15H17ClN2O2. The van der Waals surface area contributed by atoms with Gasteiger partial charge >= 0.3 is 0 Å². The van der Waals surface area contributed by atoms with Gasteiger partial charge in [-0.05, 0) is 5.56 Å². The second-order valence-corrected chi connectivity index (χ2v) is 5.37. The summed E-state index contributed by atoms with van der Waals surface area (Å²) in [5, 5.41) is 3.17. The van der Waals surface area contributed by atoms with Crippen LogP contribution in [0.4, 0.5) is 0 Å². The van der Waals surface area contributed by atoms with Crippen LogP contribution in [0.15, 0.2) is 41.9 Å². The highest BCUT2D eigenvalue weighted by molar-refractivity contribution is 6.29. The number of hydrogen-bond donors (Lipinski definition) is 1.